The van der Waals surface area contributed by atoms with Gasteiger partial charge in [0.15, 0.2) is 5.13 Å². The van der Waals surface area contributed by atoms with Crippen molar-refractivity contribution in [2.75, 3.05) is 41.7 Å². The molecule has 0 unspecified atom stereocenters. The van der Waals surface area contributed by atoms with Crippen molar-refractivity contribution in [2.24, 2.45) is 0 Å². The predicted octanol–water partition coefficient (Wildman–Crippen LogP) is 5.19. The van der Waals surface area contributed by atoms with Crippen LogP contribution in [0.3, 0.4) is 0 Å². The number of sulfonamides is 1. The first-order chi connectivity index (χ1) is 19.2. The molecule has 0 saturated carbocycles. The third-order valence-corrected chi connectivity index (χ3v) is 9.39. The highest BCUT2D eigenvalue weighted by atomic mass is 35.5. The molecule has 2 N–H and O–H groups in total. The van der Waals surface area contributed by atoms with E-state index in [1.54, 1.807) is 17.5 Å². The van der Waals surface area contributed by atoms with Gasteiger partial charge in [-0.3, -0.25) is 14.9 Å². The number of amides is 2. The van der Waals surface area contributed by atoms with E-state index in [0.717, 1.165) is 11.3 Å². The second kappa shape index (κ2) is 11.8. The number of anilines is 3. The maximum absolute atomic E-state index is 13.4. The van der Waals surface area contributed by atoms with E-state index in [1.165, 1.54) is 40.8 Å². The predicted molar refractivity (Wildman–Crippen MR) is 159 cm³/mol. The Kier molecular flexibility index (Phi) is 8.17. The van der Waals surface area contributed by atoms with Gasteiger partial charge in [0.2, 0.25) is 15.9 Å². The molecule has 2 amide bonds. The Bertz CT molecular complexity index is 1630. The second-order valence-corrected chi connectivity index (χ2v) is 12.3. The van der Waals surface area contributed by atoms with E-state index in [-0.39, 0.29) is 21.4 Å². The summed E-state index contributed by atoms with van der Waals surface area (Å²) in [6, 6.07) is 21.2. The molecule has 3 aromatic carbocycles. The van der Waals surface area contributed by atoms with Crippen LogP contribution < -0.4 is 15.5 Å². The van der Waals surface area contributed by atoms with Crippen molar-refractivity contribution in [3.8, 4) is 11.3 Å². The lowest BCUT2D eigenvalue weighted by Gasteiger charge is -2.35. The molecule has 0 bridgehead atoms. The number of benzene rings is 3. The first-order valence-corrected chi connectivity index (χ1v) is 15.1. The van der Waals surface area contributed by atoms with Crippen LogP contribution in [0.25, 0.3) is 11.3 Å². The molecule has 9 nitrogen and oxygen atoms in total. The first-order valence-electron chi connectivity index (χ1n) is 12.5. The molecular formula is C28H26ClN5O4S2. The van der Waals surface area contributed by atoms with Crippen LogP contribution in [0.5, 0.6) is 0 Å². The van der Waals surface area contributed by atoms with E-state index in [2.05, 4.69) is 20.5 Å². The van der Waals surface area contributed by atoms with E-state index < -0.39 is 15.9 Å². The quantitative estimate of drug-likeness (QED) is 0.304. The van der Waals surface area contributed by atoms with Crippen LogP contribution in [0.2, 0.25) is 5.02 Å². The Morgan fingerprint density at radius 1 is 0.925 bits per heavy atom. The lowest BCUT2D eigenvalue weighted by atomic mass is 10.1. The van der Waals surface area contributed by atoms with E-state index in [9.17, 15) is 18.0 Å². The van der Waals surface area contributed by atoms with Crippen molar-refractivity contribution < 1.29 is 18.0 Å². The second-order valence-electron chi connectivity index (χ2n) is 9.12. The molecule has 4 aromatic rings. The standard InChI is InChI=1S/C28H26ClN5O4S2/c1-19(35)30-21-9-7-20(8-10-21)26-18-39-28(31-26)32-27(36)24-17-23(11-12-25(24)29)40(37,38)34-15-13-33(14-16-34)22-5-3-2-4-6-22/h2-12,17-18H,13-16H2,1H3,(H,30,35)(H,31,32,36). The van der Waals surface area contributed by atoms with Crippen molar-refractivity contribution in [3.63, 3.8) is 0 Å². The Hall–Kier alpha value is -3.77. The van der Waals surface area contributed by atoms with Gasteiger partial charge in [-0.25, -0.2) is 13.4 Å². The third kappa shape index (κ3) is 6.18. The number of rotatable bonds is 7. The van der Waals surface area contributed by atoms with Gasteiger partial charge in [0.05, 0.1) is 21.2 Å². The van der Waals surface area contributed by atoms with Crippen molar-refractivity contribution in [2.45, 2.75) is 11.8 Å². The van der Waals surface area contributed by atoms with Gasteiger partial charge in [0.1, 0.15) is 0 Å². The van der Waals surface area contributed by atoms with Crippen LogP contribution in [0, 0.1) is 0 Å². The van der Waals surface area contributed by atoms with Gasteiger partial charge in [-0.1, -0.05) is 41.9 Å². The van der Waals surface area contributed by atoms with E-state index in [0.29, 0.717) is 42.7 Å². The van der Waals surface area contributed by atoms with Gasteiger partial charge < -0.3 is 10.2 Å². The number of para-hydroxylation sites is 1. The lowest BCUT2D eigenvalue weighted by Crippen LogP contribution is -2.48. The Morgan fingerprint density at radius 2 is 1.62 bits per heavy atom. The van der Waals surface area contributed by atoms with Crippen LogP contribution in [0.15, 0.2) is 83.1 Å². The number of piperazine rings is 1. The minimum absolute atomic E-state index is 0.00861. The summed E-state index contributed by atoms with van der Waals surface area (Å²) in [6.07, 6.45) is 0. The molecule has 12 heteroatoms. The molecule has 1 aliphatic heterocycles. The summed E-state index contributed by atoms with van der Waals surface area (Å²) in [4.78, 5) is 30.9. The summed E-state index contributed by atoms with van der Waals surface area (Å²) >= 11 is 7.54. The Labute approximate surface area is 241 Å². The van der Waals surface area contributed by atoms with E-state index in [4.69, 9.17) is 11.6 Å². The van der Waals surface area contributed by atoms with Gasteiger partial charge in [-0.15, -0.1) is 11.3 Å². The monoisotopic (exact) mass is 595 g/mol. The average molecular weight is 596 g/mol. The number of thiazole rings is 1. The summed E-state index contributed by atoms with van der Waals surface area (Å²) in [5.41, 5.74) is 3.22. The summed E-state index contributed by atoms with van der Waals surface area (Å²) in [5, 5.41) is 7.70. The van der Waals surface area contributed by atoms with Crippen LogP contribution in [0.4, 0.5) is 16.5 Å². The molecule has 1 saturated heterocycles. The minimum Gasteiger partial charge on any atom is -0.369 e. The molecule has 5 rings (SSSR count). The first kappa shape index (κ1) is 27.8. The largest absolute Gasteiger partial charge is 0.369 e. The highest BCUT2D eigenvalue weighted by molar-refractivity contribution is 7.89. The molecule has 1 fully saturated rings. The third-order valence-electron chi connectivity index (χ3n) is 6.41. The van der Waals surface area contributed by atoms with Gasteiger partial charge in [-0.05, 0) is 42.5 Å². The molecule has 2 heterocycles. The van der Waals surface area contributed by atoms with Crippen molar-refractivity contribution >= 4 is 61.3 Å². The number of halogens is 1. The van der Waals surface area contributed by atoms with Crippen molar-refractivity contribution in [3.05, 3.63) is 88.8 Å². The summed E-state index contributed by atoms with van der Waals surface area (Å²) in [7, 11) is -3.83. The normalized spacial score (nSPS) is 14.1. The molecule has 0 spiro atoms. The van der Waals surface area contributed by atoms with E-state index >= 15 is 0 Å². The number of carbonyl (C=O) groups excluding carboxylic acids is 2. The number of aromatic nitrogens is 1. The van der Waals surface area contributed by atoms with Crippen LogP contribution in [0.1, 0.15) is 17.3 Å². The maximum Gasteiger partial charge on any atom is 0.259 e. The average Bonchev–Trinajstić information content (AvgIpc) is 3.42. The minimum atomic E-state index is -3.83. The summed E-state index contributed by atoms with van der Waals surface area (Å²) in [5.74, 6) is -0.717. The topological polar surface area (TPSA) is 112 Å². The Balaban J connectivity index is 1.27. The number of carbonyl (C=O) groups is 2. The number of nitrogens with zero attached hydrogens (tertiary/aromatic N) is 3. The zero-order chi connectivity index (χ0) is 28.3. The number of nitrogens with one attached hydrogen (secondary N) is 2. The van der Waals surface area contributed by atoms with Crippen molar-refractivity contribution in [1.82, 2.24) is 9.29 Å². The van der Waals surface area contributed by atoms with E-state index in [1.807, 2.05) is 42.5 Å². The van der Waals surface area contributed by atoms with Gasteiger partial charge in [0, 0.05) is 55.4 Å². The summed E-state index contributed by atoms with van der Waals surface area (Å²) < 4.78 is 28.3. The molecule has 40 heavy (non-hydrogen) atoms. The summed E-state index contributed by atoms with van der Waals surface area (Å²) in [6.45, 7) is 3.22. The molecule has 0 aliphatic carbocycles. The van der Waals surface area contributed by atoms with Crippen molar-refractivity contribution in [1.29, 1.82) is 0 Å². The fourth-order valence-electron chi connectivity index (χ4n) is 4.37. The van der Waals surface area contributed by atoms with Gasteiger partial charge in [-0.2, -0.15) is 4.31 Å². The zero-order valence-corrected chi connectivity index (χ0v) is 23.9. The van der Waals surface area contributed by atoms with Gasteiger partial charge >= 0.3 is 0 Å². The highest BCUT2D eigenvalue weighted by Gasteiger charge is 2.29. The number of hydrogen-bond acceptors (Lipinski definition) is 7. The fourth-order valence-corrected chi connectivity index (χ4v) is 6.74. The van der Waals surface area contributed by atoms with Crippen LogP contribution in [-0.2, 0) is 14.8 Å². The van der Waals surface area contributed by atoms with Crippen LogP contribution >= 0.6 is 22.9 Å². The molecule has 206 valence electrons. The molecule has 0 radical (unpaired) electrons. The van der Waals surface area contributed by atoms with Gasteiger partial charge in [0.25, 0.3) is 5.91 Å². The molecule has 0 atom stereocenters. The zero-order valence-electron chi connectivity index (χ0n) is 21.5. The highest BCUT2D eigenvalue weighted by Crippen LogP contribution is 2.29. The molecule has 1 aliphatic rings. The Morgan fingerprint density at radius 3 is 2.30 bits per heavy atom. The number of hydrogen-bond donors (Lipinski definition) is 2. The maximum atomic E-state index is 13.4. The SMILES string of the molecule is CC(=O)Nc1ccc(-c2csc(NC(=O)c3cc(S(=O)(=O)N4CCN(c5ccccc5)CC4)ccc3Cl)n2)cc1. The smallest absolute Gasteiger partial charge is 0.259 e. The molecular weight excluding hydrogens is 570 g/mol. The lowest BCUT2D eigenvalue weighted by molar-refractivity contribution is -0.114. The van der Waals surface area contributed by atoms with Crippen LogP contribution in [-0.4, -0.2) is 55.7 Å². The molecule has 1 aromatic heterocycles. The fraction of sp³-hybridized carbons (Fsp3) is 0.179.